The molecule has 0 amide bonds. The molecule has 1 aliphatic heterocycles. The van der Waals surface area contributed by atoms with Crippen LogP contribution in [-0.2, 0) is 4.74 Å². The Morgan fingerprint density at radius 3 is 2.64 bits per heavy atom. The summed E-state index contributed by atoms with van der Waals surface area (Å²) in [7, 11) is 0. The zero-order valence-corrected chi connectivity index (χ0v) is 6.88. The van der Waals surface area contributed by atoms with Crippen molar-refractivity contribution in [2.75, 3.05) is 13.2 Å². The Morgan fingerprint density at radius 2 is 2.09 bits per heavy atom. The first-order valence-electron chi connectivity index (χ1n) is 4.18. The van der Waals surface area contributed by atoms with Crippen molar-refractivity contribution in [2.24, 2.45) is 0 Å². The largest absolute Gasteiger partial charge is 0.390 e. The van der Waals surface area contributed by atoms with Crippen LogP contribution in [0.25, 0.3) is 0 Å². The topological polar surface area (TPSA) is 29.5 Å². The van der Waals surface area contributed by atoms with Gasteiger partial charge in [0.05, 0.1) is 5.60 Å². The molecule has 2 nitrogen and oxygen atoms in total. The monoisotopic (exact) mass is 156 g/mol. The van der Waals surface area contributed by atoms with Crippen molar-refractivity contribution in [3.8, 4) is 0 Å². The van der Waals surface area contributed by atoms with Gasteiger partial charge >= 0.3 is 0 Å². The van der Waals surface area contributed by atoms with Gasteiger partial charge in [-0.1, -0.05) is 6.08 Å². The van der Waals surface area contributed by atoms with E-state index in [9.17, 15) is 5.11 Å². The summed E-state index contributed by atoms with van der Waals surface area (Å²) >= 11 is 0. The maximum atomic E-state index is 9.87. The van der Waals surface area contributed by atoms with E-state index in [0.717, 1.165) is 25.7 Å². The molecule has 64 valence electrons. The summed E-state index contributed by atoms with van der Waals surface area (Å²) in [4.78, 5) is 0. The third-order valence-corrected chi connectivity index (χ3v) is 2.24. The van der Waals surface area contributed by atoms with Gasteiger partial charge in [-0.2, -0.15) is 0 Å². The first kappa shape index (κ1) is 8.75. The number of aliphatic hydroxyl groups is 1. The van der Waals surface area contributed by atoms with E-state index in [4.69, 9.17) is 4.74 Å². The summed E-state index contributed by atoms with van der Waals surface area (Å²) in [6, 6.07) is 0. The molecule has 11 heavy (non-hydrogen) atoms. The highest BCUT2D eigenvalue weighted by atomic mass is 16.5. The van der Waals surface area contributed by atoms with E-state index in [0.29, 0.717) is 13.2 Å². The highest BCUT2D eigenvalue weighted by Gasteiger charge is 2.28. The maximum absolute atomic E-state index is 9.87. The van der Waals surface area contributed by atoms with Gasteiger partial charge in [-0.15, -0.1) is 6.58 Å². The van der Waals surface area contributed by atoms with E-state index < -0.39 is 5.60 Å². The summed E-state index contributed by atoms with van der Waals surface area (Å²) in [5.41, 5.74) is -0.466. The number of hydrogen-bond donors (Lipinski definition) is 1. The van der Waals surface area contributed by atoms with Crippen molar-refractivity contribution in [1.82, 2.24) is 0 Å². The van der Waals surface area contributed by atoms with Gasteiger partial charge in [-0.05, 0) is 25.7 Å². The molecule has 0 bridgehead atoms. The molecule has 1 fully saturated rings. The average Bonchev–Trinajstić information content (AvgIpc) is 2.03. The van der Waals surface area contributed by atoms with Gasteiger partial charge in [-0.25, -0.2) is 0 Å². The van der Waals surface area contributed by atoms with Crippen molar-refractivity contribution in [1.29, 1.82) is 0 Å². The Hall–Kier alpha value is -0.340. The summed E-state index contributed by atoms with van der Waals surface area (Å²) in [6.45, 7) is 5.04. The van der Waals surface area contributed by atoms with Crippen LogP contribution >= 0.6 is 0 Å². The molecule has 0 aromatic heterocycles. The molecular formula is C9H16O2. The number of allylic oxidation sites excluding steroid dienone is 1. The van der Waals surface area contributed by atoms with Crippen molar-refractivity contribution >= 4 is 0 Å². The molecule has 0 atom stereocenters. The molecule has 0 radical (unpaired) electrons. The minimum atomic E-state index is -0.466. The van der Waals surface area contributed by atoms with Crippen molar-refractivity contribution in [2.45, 2.75) is 31.3 Å². The second-order valence-electron chi connectivity index (χ2n) is 3.16. The lowest BCUT2D eigenvalue weighted by atomic mass is 9.89. The zero-order valence-electron chi connectivity index (χ0n) is 6.88. The Labute approximate surface area is 67.9 Å². The van der Waals surface area contributed by atoms with Crippen LogP contribution in [0.3, 0.4) is 0 Å². The fourth-order valence-corrected chi connectivity index (χ4v) is 1.37. The molecule has 1 N–H and O–H groups in total. The Balaban J connectivity index is 2.30. The van der Waals surface area contributed by atoms with Gasteiger partial charge in [0.25, 0.3) is 0 Å². The van der Waals surface area contributed by atoms with E-state index in [1.807, 2.05) is 6.08 Å². The van der Waals surface area contributed by atoms with Crippen LogP contribution in [0.2, 0.25) is 0 Å². The van der Waals surface area contributed by atoms with Gasteiger partial charge in [0.15, 0.2) is 0 Å². The Bertz CT molecular complexity index is 126. The molecule has 0 saturated carbocycles. The van der Waals surface area contributed by atoms with Crippen molar-refractivity contribution in [3.05, 3.63) is 12.7 Å². The predicted molar refractivity (Wildman–Crippen MR) is 44.4 cm³/mol. The van der Waals surface area contributed by atoms with Crippen LogP contribution in [0.5, 0.6) is 0 Å². The molecule has 1 rings (SSSR count). The van der Waals surface area contributed by atoms with Gasteiger partial charge in [-0.3, -0.25) is 0 Å². The third-order valence-electron chi connectivity index (χ3n) is 2.24. The fraction of sp³-hybridized carbons (Fsp3) is 0.778. The minimum Gasteiger partial charge on any atom is -0.390 e. The summed E-state index contributed by atoms with van der Waals surface area (Å²) in [6.07, 6.45) is 5.14. The van der Waals surface area contributed by atoms with Crippen LogP contribution in [-0.4, -0.2) is 23.9 Å². The summed E-state index contributed by atoms with van der Waals surface area (Å²) in [5, 5.41) is 9.87. The molecule has 0 aromatic rings. The average molecular weight is 156 g/mol. The normalized spacial score (nSPS) is 23.0. The van der Waals surface area contributed by atoms with Crippen molar-refractivity contribution < 1.29 is 9.84 Å². The van der Waals surface area contributed by atoms with Crippen LogP contribution in [0.4, 0.5) is 0 Å². The molecule has 1 saturated heterocycles. The lowest BCUT2D eigenvalue weighted by molar-refractivity contribution is -0.0672. The predicted octanol–water partition coefficient (Wildman–Crippen LogP) is 1.49. The highest BCUT2D eigenvalue weighted by molar-refractivity contribution is 4.83. The summed E-state index contributed by atoms with van der Waals surface area (Å²) < 4.78 is 5.16. The Kier molecular flexibility index (Phi) is 3.09. The first-order chi connectivity index (χ1) is 5.27. The van der Waals surface area contributed by atoms with Gasteiger partial charge in [0.1, 0.15) is 0 Å². The van der Waals surface area contributed by atoms with E-state index >= 15 is 0 Å². The molecular weight excluding hydrogens is 140 g/mol. The second kappa shape index (κ2) is 3.88. The number of ether oxygens (including phenoxy) is 1. The van der Waals surface area contributed by atoms with Crippen LogP contribution in [0, 0.1) is 0 Å². The first-order valence-corrected chi connectivity index (χ1v) is 4.18. The molecule has 1 heterocycles. The molecule has 0 aromatic carbocycles. The van der Waals surface area contributed by atoms with Crippen molar-refractivity contribution in [3.63, 3.8) is 0 Å². The quantitative estimate of drug-likeness (QED) is 0.627. The fourth-order valence-electron chi connectivity index (χ4n) is 1.37. The Morgan fingerprint density at radius 1 is 1.45 bits per heavy atom. The van der Waals surface area contributed by atoms with E-state index in [1.165, 1.54) is 0 Å². The van der Waals surface area contributed by atoms with Crippen LogP contribution in [0.1, 0.15) is 25.7 Å². The summed E-state index contributed by atoms with van der Waals surface area (Å²) in [5.74, 6) is 0. The lowest BCUT2D eigenvalue weighted by Crippen LogP contribution is -2.35. The molecule has 0 aliphatic carbocycles. The molecule has 0 spiro atoms. The third kappa shape index (κ3) is 2.64. The number of rotatable bonds is 3. The lowest BCUT2D eigenvalue weighted by Gasteiger charge is -2.31. The van der Waals surface area contributed by atoms with E-state index in [2.05, 4.69) is 6.58 Å². The molecule has 0 unspecified atom stereocenters. The van der Waals surface area contributed by atoms with E-state index in [1.54, 1.807) is 0 Å². The molecule has 2 heteroatoms. The number of hydrogen-bond acceptors (Lipinski definition) is 2. The maximum Gasteiger partial charge on any atom is 0.0694 e. The van der Waals surface area contributed by atoms with Crippen LogP contribution < -0.4 is 0 Å². The highest BCUT2D eigenvalue weighted by Crippen LogP contribution is 2.25. The zero-order chi connectivity index (χ0) is 8.16. The van der Waals surface area contributed by atoms with Gasteiger partial charge in [0.2, 0.25) is 0 Å². The van der Waals surface area contributed by atoms with Gasteiger partial charge in [0, 0.05) is 13.2 Å². The minimum absolute atomic E-state index is 0.466. The second-order valence-corrected chi connectivity index (χ2v) is 3.16. The molecule has 1 aliphatic rings. The smallest absolute Gasteiger partial charge is 0.0694 e. The van der Waals surface area contributed by atoms with E-state index in [-0.39, 0.29) is 0 Å². The standard InChI is InChI=1S/C9H16O2/c1-2-3-4-9(10)5-7-11-8-6-9/h2,10H,1,3-8H2. The van der Waals surface area contributed by atoms with Gasteiger partial charge < -0.3 is 9.84 Å². The van der Waals surface area contributed by atoms with Crippen LogP contribution in [0.15, 0.2) is 12.7 Å². The SMILES string of the molecule is C=CCCC1(O)CCOCC1.